The number of fused-ring (bicyclic) bond motifs is 1. The molecule has 2 aromatic rings. The number of halogens is 1. The first-order valence-electron chi connectivity index (χ1n) is 7.56. The molecule has 0 spiro atoms. The Morgan fingerprint density at radius 2 is 2.08 bits per heavy atom. The Morgan fingerprint density at radius 1 is 1.31 bits per heavy atom. The molecule has 8 nitrogen and oxygen atoms in total. The number of phenolic OH excluding ortho intramolecular Hbond substituents is 1. The van der Waals surface area contributed by atoms with Gasteiger partial charge in [0.05, 0.1) is 18.8 Å². The highest BCUT2D eigenvalue weighted by atomic mass is 32.2. The lowest BCUT2D eigenvalue weighted by Gasteiger charge is -2.28. The van der Waals surface area contributed by atoms with E-state index >= 15 is 0 Å². The molecule has 10 heteroatoms. The zero-order valence-corrected chi connectivity index (χ0v) is 14.5. The molecule has 1 heterocycles. The number of ether oxygens (including phenoxy) is 1. The highest BCUT2D eigenvalue weighted by Crippen LogP contribution is 2.31. The second kappa shape index (κ2) is 6.81. The normalized spacial score (nSPS) is 13.9. The lowest BCUT2D eigenvalue weighted by molar-refractivity contribution is 0.134. The lowest BCUT2D eigenvalue weighted by Crippen LogP contribution is -2.36. The summed E-state index contributed by atoms with van der Waals surface area (Å²) in [5, 5.41) is 9.44. The van der Waals surface area contributed by atoms with Gasteiger partial charge in [-0.1, -0.05) is 12.1 Å². The summed E-state index contributed by atoms with van der Waals surface area (Å²) in [6, 6.07) is 8.61. The van der Waals surface area contributed by atoms with Gasteiger partial charge in [-0.15, -0.1) is 0 Å². The fourth-order valence-electron chi connectivity index (χ4n) is 2.50. The van der Waals surface area contributed by atoms with E-state index in [4.69, 9.17) is 4.74 Å². The molecule has 138 valence electrons. The van der Waals surface area contributed by atoms with E-state index in [-0.39, 0.29) is 35.8 Å². The van der Waals surface area contributed by atoms with Crippen molar-refractivity contribution >= 4 is 22.0 Å². The molecular formula is C16H16FN3O5S. The predicted octanol–water partition coefficient (Wildman–Crippen LogP) is 1.92. The van der Waals surface area contributed by atoms with Crippen LogP contribution in [0.25, 0.3) is 0 Å². The topological polar surface area (TPSA) is 108 Å². The molecular weight excluding hydrogens is 365 g/mol. The van der Waals surface area contributed by atoms with Crippen LogP contribution in [0.3, 0.4) is 0 Å². The number of amides is 1. The number of hydrogen-bond donors (Lipinski definition) is 3. The SMILES string of the molecule is CNS(=O)(=O)Nc1cccc(CN2Cc3ccc(O)cc3OC2=O)c1F. The first-order valence-corrected chi connectivity index (χ1v) is 9.04. The second-order valence-corrected chi connectivity index (χ2v) is 7.22. The zero-order valence-electron chi connectivity index (χ0n) is 13.7. The summed E-state index contributed by atoms with van der Waals surface area (Å²) in [6.07, 6.45) is -0.691. The number of aromatic hydroxyl groups is 1. The van der Waals surface area contributed by atoms with Crippen molar-refractivity contribution in [2.45, 2.75) is 13.1 Å². The Morgan fingerprint density at radius 3 is 2.81 bits per heavy atom. The number of anilines is 1. The number of rotatable bonds is 5. The van der Waals surface area contributed by atoms with E-state index in [2.05, 4.69) is 4.72 Å². The van der Waals surface area contributed by atoms with E-state index in [0.717, 1.165) is 0 Å². The van der Waals surface area contributed by atoms with E-state index in [1.54, 1.807) is 6.07 Å². The summed E-state index contributed by atoms with van der Waals surface area (Å²) in [6.45, 7) is 0.0560. The van der Waals surface area contributed by atoms with Gasteiger partial charge in [-0.25, -0.2) is 13.9 Å². The van der Waals surface area contributed by atoms with E-state index in [1.807, 2.05) is 4.72 Å². The molecule has 1 aliphatic heterocycles. The van der Waals surface area contributed by atoms with Crippen LogP contribution >= 0.6 is 0 Å². The van der Waals surface area contributed by atoms with E-state index in [1.165, 1.54) is 42.3 Å². The van der Waals surface area contributed by atoms with Crippen LogP contribution < -0.4 is 14.2 Å². The van der Waals surface area contributed by atoms with Crippen molar-refractivity contribution in [1.82, 2.24) is 9.62 Å². The monoisotopic (exact) mass is 381 g/mol. The highest BCUT2D eigenvalue weighted by Gasteiger charge is 2.26. The molecule has 0 aromatic heterocycles. The number of carbonyl (C=O) groups excluding carboxylic acids is 1. The van der Waals surface area contributed by atoms with Gasteiger partial charge in [0.2, 0.25) is 0 Å². The van der Waals surface area contributed by atoms with Crippen LogP contribution in [0, 0.1) is 5.82 Å². The van der Waals surface area contributed by atoms with Crippen LogP contribution in [-0.4, -0.2) is 31.6 Å². The largest absolute Gasteiger partial charge is 0.508 e. The van der Waals surface area contributed by atoms with Gasteiger partial charge in [-0.05, 0) is 18.2 Å². The summed E-state index contributed by atoms with van der Waals surface area (Å²) in [5.74, 6) is -0.557. The number of nitrogens with one attached hydrogen (secondary N) is 2. The molecule has 0 atom stereocenters. The summed E-state index contributed by atoms with van der Waals surface area (Å²) < 4.78 is 46.9. The first-order chi connectivity index (χ1) is 12.3. The van der Waals surface area contributed by atoms with Crippen LogP contribution in [0.5, 0.6) is 11.5 Å². The molecule has 26 heavy (non-hydrogen) atoms. The molecule has 0 saturated heterocycles. The maximum absolute atomic E-state index is 14.6. The molecule has 1 amide bonds. The number of benzene rings is 2. The van der Waals surface area contributed by atoms with Crippen LogP contribution in [0.4, 0.5) is 14.9 Å². The quantitative estimate of drug-likeness (QED) is 0.733. The van der Waals surface area contributed by atoms with Crippen molar-refractivity contribution in [3.8, 4) is 11.5 Å². The molecule has 0 bridgehead atoms. The van der Waals surface area contributed by atoms with Crippen LogP contribution in [0.15, 0.2) is 36.4 Å². The number of hydrogen-bond acceptors (Lipinski definition) is 5. The maximum Gasteiger partial charge on any atom is 0.415 e. The van der Waals surface area contributed by atoms with E-state index in [9.17, 15) is 22.7 Å². The summed E-state index contributed by atoms with van der Waals surface area (Å²) in [7, 11) is -2.67. The van der Waals surface area contributed by atoms with Crippen LogP contribution in [0.2, 0.25) is 0 Å². The molecule has 3 N–H and O–H groups in total. The first kappa shape index (κ1) is 18.0. The van der Waals surface area contributed by atoms with Crippen LogP contribution in [-0.2, 0) is 23.3 Å². The predicted molar refractivity (Wildman–Crippen MR) is 91.4 cm³/mol. The third-order valence-corrected chi connectivity index (χ3v) is 4.85. The van der Waals surface area contributed by atoms with Crippen molar-refractivity contribution in [3.63, 3.8) is 0 Å². The van der Waals surface area contributed by atoms with Gasteiger partial charge in [0.15, 0.2) is 5.82 Å². The standard InChI is InChI=1S/C16H16FN3O5S/c1-18-26(23,24)19-13-4-2-3-11(15(13)17)9-20-8-10-5-6-12(21)7-14(10)25-16(20)22/h2-7,18-19,21H,8-9H2,1H3. The number of carbonyl (C=O) groups is 1. The van der Waals surface area contributed by atoms with Crippen molar-refractivity contribution in [1.29, 1.82) is 0 Å². The molecule has 0 saturated carbocycles. The zero-order chi connectivity index (χ0) is 18.9. The Balaban J connectivity index is 1.83. The van der Waals surface area contributed by atoms with Gasteiger partial charge < -0.3 is 9.84 Å². The van der Waals surface area contributed by atoms with E-state index in [0.29, 0.717) is 5.56 Å². The molecule has 1 aliphatic rings. The van der Waals surface area contributed by atoms with Crippen molar-refractivity contribution in [3.05, 3.63) is 53.3 Å². The maximum atomic E-state index is 14.6. The summed E-state index contributed by atoms with van der Waals surface area (Å²) >= 11 is 0. The van der Waals surface area contributed by atoms with Gasteiger partial charge >= 0.3 is 6.09 Å². The third-order valence-electron chi connectivity index (χ3n) is 3.82. The second-order valence-electron chi connectivity index (χ2n) is 5.60. The van der Waals surface area contributed by atoms with Gasteiger partial charge in [0.25, 0.3) is 10.2 Å². The third kappa shape index (κ3) is 3.70. The lowest BCUT2D eigenvalue weighted by atomic mass is 10.1. The Hall–Kier alpha value is -2.85. The fourth-order valence-corrected chi connectivity index (χ4v) is 3.05. The van der Waals surface area contributed by atoms with Crippen LogP contribution in [0.1, 0.15) is 11.1 Å². The Bertz CT molecular complexity index is 964. The van der Waals surface area contributed by atoms with Gasteiger partial charge in [0, 0.05) is 24.2 Å². The minimum Gasteiger partial charge on any atom is -0.508 e. The molecule has 0 fully saturated rings. The van der Waals surface area contributed by atoms with Crippen molar-refractivity contribution in [2.24, 2.45) is 0 Å². The van der Waals surface area contributed by atoms with Gasteiger partial charge in [-0.2, -0.15) is 8.42 Å². The van der Waals surface area contributed by atoms with E-state index < -0.39 is 22.1 Å². The summed E-state index contributed by atoms with van der Waals surface area (Å²) in [4.78, 5) is 13.4. The number of phenols is 1. The average Bonchev–Trinajstić information content (AvgIpc) is 2.59. The molecule has 3 rings (SSSR count). The Labute approximate surface area is 149 Å². The molecule has 2 aromatic carbocycles. The van der Waals surface area contributed by atoms with Gasteiger partial charge in [0.1, 0.15) is 11.5 Å². The Kier molecular flexibility index (Phi) is 4.70. The minimum atomic E-state index is -3.87. The molecule has 0 aliphatic carbocycles. The smallest absolute Gasteiger partial charge is 0.415 e. The molecule has 0 radical (unpaired) electrons. The highest BCUT2D eigenvalue weighted by molar-refractivity contribution is 7.90. The fraction of sp³-hybridized carbons (Fsp3) is 0.188. The number of nitrogens with zero attached hydrogens (tertiary/aromatic N) is 1. The average molecular weight is 381 g/mol. The van der Waals surface area contributed by atoms with Crippen molar-refractivity contribution in [2.75, 3.05) is 11.8 Å². The summed E-state index contributed by atoms with van der Waals surface area (Å²) in [5.41, 5.74) is 0.558. The van der Waals surface area contributed by atoms with Gasteiger partial charge in [-0.3, -0.25) is 9.62 Å². The molecule has 0 unspecified atom stereocenters. The van der Waals surface area contributed by atoms with Crippen molar-refractivity contribution < 1.29 is 27.4 Å². The minimum absolute atomic E-state index is 0.0273.